The van der Waals surface area contributed by atoms with Gasteiger partial charge in [0.25, 0.3) is 5.91 Å². The van der Waals surface area contributed by atoms with Crippen molar-refractivity contribution in [2.24, 2.45) is 0 Å². The fraction of sp³-hybridized carbons (Fsp3) is 0.188. The number of nitrogens with zero attached hydrogens (tertiary/aromatic N) is 4. The standard InChI is InChI=1S/C16H15BrFN5O/c1-2-22-10-13(17)15(21-22)16(24)19-14-7-8-23(20-14)9-11-3-5-12(18)6-4-11/h3-8,10H,2,9H2,1H3,(H,19,20,24). The molecule has 24 heavy (non-hydrogen) atoms. The van der Waals surface area contributed by atoms with Crippen LogP contribution >= 0.6 is 15.9 Å². The zero-order valence-electron chi connectivity index (χ0n) is 12.9. The van der Waals surface area contributed by atoms with Crippen LogP contribution in [0.25, 0.3) is 0 Å². The van der Waals surface area contributed by atoms with Crippen molar-refractivity contribution < 1.29 is 9.18 Å². The minimum Gasteiger partial charge on any atom is -0.304 e. The van der Waals surface area contributed by atoms with Gasteiger partial charge in [0.2, 0.25) is 0 Å². The molecule has 124 valence electrons. The minimum atomic E-state index is -0.332. The number of aromatic nitrogens is 4. The van der Waals surface area contributed by atoms with Gasteiger partial charge in [-0.2, -0.15) is 10.2 Å². The Hall–Kier alpha value is -2.48. The van der Waals surface area contributed by atoms with Gasteiger partial charge in [-0.05, 0) is 40.5 Å². The average molecular weight is 392 g/mol. The zero-order valence-corrected chi connectivity index (χ0v) is 14.5. The molecule has 0 unspecified atom stereocenters. The normalized spacial score (nSPS) is 10.8. The molecule has 0 saturated carbocycles. The van der Waals surface area contributed by atoms with Gasteiger partial charge in [0.1, 0.15) is 5.82 Å². The molecule has 0 fully saturated rings. The Bertz CT molecular complexity index is 856. The lowest BCUT2D eigenvalue weighted by molar-refractivity contribution is 0.102. The van der Waals surface area contributed by atoms with Crippen LogP contribution in [0.4, 0.5) is 10.2 Å². The number of carbonyl (C=O) groups excluding carboxylic acids is 1. The fourth-order valence-corrected chi connectivity index (χ4v) is 2.68. The van der Waals surface area contributed by atoms with E-state index in [1.54, 1.807) is 40.0 Å². The van der Waals surface area contributed by atoms with E-state index in [2.05, 4.69) is 31.4 Å². The molecule has 3 rings (SSSR count). The molecule has 0 radical (unpaired) electrons. The van der Waals surface area contributed by atoms with Crippen LogP contribution in [0, 0.1) is 5.82 Å². The van der Waals surface area contributed by atoms with Gasteiger partial charge in [-0.25, -0.2) is 4.39 Å². The number of anilines is 1. The van der Waals surface area contributed by atoms with E-state index in [0.717, 1.165) is 5.56 Å². The van der Waals surface area contributed by atoms with Crippen molar-refractivity contribution in [3.05, 3.63) is 64.3 Å². The number of carbonyl (C=O) groups is 1. The summed E-state index contributed by atoms with van der Waals surface area (Å²) in [6, 6.07) is 7.91. The van der Waals surface area contributed by atoms with E-state index in [-0.39, 0.29) is 11.7 Å². The Labute approximate surface area is 146 Å². The molecule has 8 heteroatoms. The van der Waals surface area contributed by atoms with E-state index < -0.39 is 0 Å². The molecule has 3 aromatic rings. The van der Waals surface area contributed by atoms with Crippen LogP contribution in [0.15, 0.2) is 47.2 Å². The lowest BCUT2D eigenvalue weighted by Gasteiger charge is -2.02. The van der Waals surface area contributed by atoms with Crippen molar-refractivity contribution in [2.45, 2.75) is 20.0 Å². The fourth-order valence-electron chi connectivity index (χ4n) is 2.18. The SMILES string of the molecule is CCn1cc(Br)c(C(=O)Nc2ccn(Cc3ccc(F)cc3)n2)n1. The molecule has 0 atom stereocenters. The molecule has 0 saturated heterocycles. The van der Waals surface area contributed by atoms with Gasteiger partial charge >= 0.3 is 0 Å². The molecule has 0 bridgehead atoms. The number of halogens is 2. The molecular weight excluding hydrogens is 377 g/mol. The van der Waals surface area contributed by atoms with Crippen LogP contribution in [-0.4, -0.2) is 25.5 Å². The molecule has 0 aliphatic rings. The second-order valence-electron chi connectivity index (χ2n) is 5.16. The van der Waals surface area contributed by atoms with Gasteiger partial charge in [0.05, 0.1) is 11.0 Å². The van der Waals surface area contributed by atoms with Gasteiger partial charge < -0.3 is 5.32 Å². The molecule has 0 spiro atoms. The highest BCUT2D eigenvalue weighted by Crippen LogP contribution is 2.16. The zero-order chi connectivity index (χ0) is 17.1. The third-order valence-corrected chi connectivity index (χ3v) is 3.98. The van der Waals surface area contributed by atoms with Crippen LogP contribution in [0.3, 0.4) is 0 Å². The third kappa shape index (κ3) is 3.70. The third-order valence-electron chi connectivity index (χ3n) is 3.40. The summed E-state index contributed by atoms with van der Waals surface area (Å²) in [5.74, 6) is -0.176. The van der Waals surface area contributed by atoms with Crippen molar-refractivity contribution in [3.63, 3.8) is 0 Å². The molecule has 0 aliphatic heterocycles. The number of amides is 1. The second kappa shape index (κ2) is 6.96. The molecule has 1 amide bonds. The summed E-state index contributed by atoms with van der Waals surface area (Å²) in [5.41, 5.74) is 1.23. The number of nitrogens with one attached hydrogen (secondary N) is 1. The molecule has 1 aromatic carbocycles. The summed E-state index contributed by atoms with van der Waals surface area (Å²) < 4.78 is 16.9. The summed E-state index contributed by atoms with van der Waals surface area (Å²) in [6.07, 6.45) is 3.50. The van der Waals surface area contributed by atoms with Crippen molar-refractivity contribution in [3.8, 4) is 0 Å². The van der Waals surface area contributed by atoms with Crippen molar-refractivity contribution in [1.29, 1.82) is 0 Å². The van der Waals surface area contributed by atoms with Crippen molar-refractivity contribution in [2.75, 3.05) is 5.32 Å². The lowest BCUT2D eigenvalue weighted by Crippen LogP contribution is -2.14. The summed E-state index contributed by atoms with van der Waals surface area (Å²) in [7, 11) is 0. The summed E-state index contributed by atoms with van der Waals surface area (Å²) >= 11 is 3.33. The smallest absolute Gasteiger partial charge is 0.278 e. The van der Waals surface area contributed by atoms with Gasteiger partial charge in [0, 0.05) is 25.0 Å². The number of benzene rings is 1. The number of hydrogen-bond donors (Lipinski definition) is 1. The number of aryl methyl sites for hydroxylation is 1. The highest BCUT2D eigenvalue weighted by atomic mass is 79.9. The summed E-state index contributed by atoms with van der Waals surface area (Å²) in [5, 5.41) is 11.2. The van der Waals surface area contributed by atoms with Crippen molar-refractivity contribution in [1.82, 2.24) is 19.6 Å². The van der Waals surface area contributed by atoms with E-state index in [1.807, 2.05) is 6.92 Å². The predicted molar refractivity (Wildman–Crippen MR) is 91.3 cm³/mol. The van der Waals surface area contributed by atoms with E-state index in [0.29, 0.717) is 29.1 Å². The minimum absolute atomic E-state index is 0.274. The lowest BCUT2D eigenvalue weighted by atomic mass is 10.2. The summed E-state index contributed by atoms with van der Waals surface area (Å²) in [6.45, 7) is 3.11. The average Bonchev–Trinajstić information content (AvgIpc) is 3.16. The van der Waals surface area contributed by atoms with Crippen LogP contribution in [-0.2, 0) is 13.1 Å². The van der Waals surface area contributed by atoms with Crippen LogP contribution < -0.4 is 5.32 Å². The number of hydrogen-bond acceptors (Lipinski definition) is 3. The van der Waals surface area contributed by atoms with Crippen LogP contribution in [0.1, 0.15) is 23.0 Å². The highest BCUT2D eigenvalue weighted by Gasteiger charge is 2.16. The van der Waals surface area contributed by atoms with Crippen LogP contribution in [0.2, 0.25) is 0 Å². The second-order valence-corrected chi connectivity index (χ2v) is 6.01. The monoisotopic (exact) mass is 391 g/mol. The van der Waals surface area contributed by atoms with Gasteiger partial charge in [0.15, 0.2) is 11.5 Å². The van der Waals surface area contributed by atoms with E-state index in [4.69, 9.17) is 0 Å². The molecule has 0 aliphatic carbocycles. The first kappa shape index (κ1) is 16.4. The van der Waals surface area contributed by atoms with Gasteiger partial charge in [-0.3, -0.25) is 14.2 Å². The molecule has 6 nitrogen and oxygen atoms in total. The van der Waals surface area contributed by atoms with E-state index >= 15 is 0 Å². The Morgan fingerprint density at radius 3 is 2.62 bits per heavy atom. The Kier molecular flexibility index (Phi) is 4.75. The Balaban J connectivity index is 1.68. The first-order chi connectivity index (χ1) is 11.5. The van der Waals surface area contributed by atoms with E-state index in [1.165, 1.54) is 12.1 Å². The predicted octanol–water partition coefficient (Wildman–Crippen LogP) is 3.30. The van der Waals surface area contributed by atoms with E-state index in [9.17, 15) is 9.18 Å². The maximum absolute atomic E-state index is 12.9. The maximum Gasteiger partial charge on any atom is 0.278 e. The molecule has 2 aromatic heterocycles. The topological polar surface area (TPSA) is 64.7 Å². The van der Waals surface area contributed by atoms with Crippen LogP contribution in [0.5, 0.6) is 0 Å². The maximum atomic E-state index is 12.9. The van der Waals surface area contributed by atoms with Gasteiger partial charge in [-0.15, -0.1) is 0 Å². The molecule has 1 N–H and O–H groups in total. The Morgan fingerprint density at radius 2 is 1.96 bits per heavy atom. The van der Waals surface area contributed by atoms with Crippen molar-refractivity contribution >= 4 is 27.7 Å². The quantitative estimate of drug-likeness (QED) is 0.725. The first-order valence-corrected chi connectivity index (χ1v) is 8.16. The Morgan fingerprint density at radius 1 is 1.21 bits per heavy atom. The molecule has 2 heterocycles. The number of rotatable bonds is 5. The largest absolute Gasteiger partial charge is 0.304 e. The first-order valence-electron chi connectivity index (χ1n) is 7.37. The van der Waals surface area contributed by atoms with Gasteiger partial charge in [-0.1, -0.05) is 12.1 Å². The highest BCUT2D eigenvalue weighted by molar-refractivity contribution is 9.10. The summed E-state index contributed by atoms with van der Waals surface area (Å²) in [4.78, 5) is 12.3. The molecular formula is C16H15BrFN5O.